The number of benzene rings is 1. The van der Waals surface area contributed by atoms with Crippen molar-refractivity contribution in [3.05, 3.63) is 39.6 Å². The molecule has 2 heterocycles. The van der Waals surface area contributed by atoms with Crippen molar-refractivity contribution in [3.8, 4) is 11.5 Å². The fourth-order valence-electron chi connectivity index (χ4n) is 2.58. The smallest absolute Gasteiger partial charge is 0.273 e. The van der Waals surface area contributed by atoms with Crippen LogP contribution in [0.1, 0.15) is 55.4 Å². The van der Waals surface area contributed by atoms with E-state index in [9.17, 15) is 4.79 Å². The maximum absolute atomic E-state index is 12.6. The van der Waals surface area contributed by atoms with Crippen LogP contribution in [0.2, 0.25) is 0 Å². The zero-order valence-electron chi connectivity index (χ0n) is 14.1. The van der Waals surface area contributed by atoms with Crippen molar-refractivity contribution in [1.82, 2.24) is 15.5 Å². The van der Waals surface area contributed by atoms with E-state index in [1.807, 2.05) is 45.9 Å². The molecule has 24 heavy (non-hydrogen) atoms. The molecule has 128 valence electrons. The average Bonchev–Trinajstić information content (AvgIpc) is 3.11. The van der Waals surface area contributed by atoms with E-state index >= 15 is 0 Å². The van der Waals surface area contributed by atoms with Crippen LogP contribution in [-0.2, 0) is 5.54 Å². The number of amides is 1. The molecule has 1 aromatic heterocycles. The summed E-state index contributed by atoms with van der Waals surface area (Å²) in [7, 11) is 0. The van der Waals surface area contributed by atoms with E-state index in [-0.39, 0.29) is 18.6 Å². The van der Waals surface area contributed by atoms with Gasteiger partial charge in [-0.25, -0.2) is 0 Å². The fraction of sp³-hybridized carbons (Fsp3) is 0.412. The Kier molecular flexibility index (Phi) is 4.29. The van der Waals surface area contributed by atoms with Crippen molar-refractivity contribution in [2.75, 3.05) is 6.79 Å². The first-order valence-electron chi connectivity index (χ1n) is 7.76. The molecule has 2 N–H and O–H groups in total. The number of carbonyl (C=O) groups is 1. The molecular formula is C17H20BrN3O3. The van der Waals surface area contributed by atoms with Crippen molar-refractivity contribution in [1.29, 1.82) is 0 Å². The van der Waals surface area contributed by atoms with E-state index in [1.165, 1.54) is 0 Å². The van der Waals surface area contributed by atoms with Gasteiger partial charge in [-0.1, -0.05) is 19.9 Å². The van der Waals surface area contributed by atoms with Gasteiger partial charge in [-0.3, -0.25) is 9.89 Å². The number of H-pyrrole nitrogens is 1. The van der Waals surface area contributed by atoms with Gasteiger partial charge in [0.05, 0.1) is 15.7 Å². The number of carbonyl (C=O) groups excluding carboxylic acids is 1. The van der Waals surface area contributed by atoms with Crippen LogP contribution in [0, 0.1) is 0 Å². The minimum Gasteiger partial charge on any atom is -0.454 e. The quantitative estimate of drug-likeness (QED) is 0.830. The lowest BCUT2D eigenvalue weighted by molar-refractivity contribution is 0.0906. The summed E-state index contributed by atoms with van der Waals surface area (Å²) in [4.78, 5) is 12.6. The molecule has 0 aliphatic carbocycles. The second-order valence-corrected chi connectivity index (χ2v) is 7.39. The lowest BCUT2D eigenvalue weighted by Gasteiger charge is -2.26. The topological polar surface area (TPSA) is 76.2 Å². The van der Waals surface area contributed by atoms with Crippen LogP contribution in [0.5, 0.6) is 11.5 Å². The summed E-state index contributed by atoms with van der Waals surface area (Å²) in [6.07, 6.45) is 0. The summed E-state index contributed by atoms with van der Waals surface area (Å²) in [5, 5.41) is 10.1. The van der Waals surface area contributed by atoms with Gasteiger partial charge in [0.15, 0.2) is 17.2 Å². The molecule has 1 aliphatic heterocycles. The second-order valence-electron chi connectivity index (χ2n) is 6.60. The van der Waals surface area contributed by atoms with E-state index in [2.05, 4.69) is 31.4 Å². The van der Waals surface area contributed by atoms with E-state index in [0.717, 1.165) is 17.0 Å². The molecule has 0 saturated carbocycles. The Hall–Kier alpha value is -2.02. The minimum atomic E-state index is -0.589. The Labute approximate surface area is 149 Å². The second kappa shape index (κ2) is 6.12. The number of aromatic amines is 1. The number of hydrogen-bond donors (Lipinski definition) is 2. The Morgan fingerprint density at radius 3 is 2.71 bits per heavy atom. The number of nitrogens with zero attached hydrogens (tertiary/aromatic N) is 1. The number of ether oxygens (including phenoxy) is 2. The third-order valence-corrected chi connectivity index (χ3v) is 4.85. The van der Waals surface area contributed by atoms with Crippen LogP contribution in [0.3, 0.4) is 0 Å². The van der Waals surface area contributed by atoms with Crippen LogP contribution >= 0.6 is 15.9 Å². The van der Waals surface area contributed by atoms with Crippen LogP contribution in [0.4, 0.5) is 0 Å². The van der Waals surface area contributed by atoms with E-state index in [4.69, 9.17) is 9.47 Å². The van der Waals surface area contributed by atoms with Crippen LogP contribution in [-0.4, -0.2) is 22.9 Å². The standard InChI is InChI=1S/C17H20BrN3O3/c1-9(2)14-13(18)15(21-20-14)16(22)19-17(3,4)10-5-6-11-12(7-10)24-8-23-11/h5-7,9H,8H2,1-4H3,(H,19,22)(H,20,21). The lowest BCUT2D eigenvalue weighted by atomic mass is 9.93. The van der Waals surface area contributed by atoms with Crippen molar-refractivity contribution in [2.45, 2.75) is 39.2 Å². The Balaban J connectivity index is 1.82. The maximum atomic E-state index is 12.6. The molecule has 1 aromatic carbocycles. The van der Waals surface area contributed by atoms with Crippen LogP contribution < -0.4 is 14.8 Å². The van der Waals surface area contributed by atoms with Gasteiger partial charge >= 0.3 is 0 Å². The van der Waals surface area contributed by atoms with Gasteiger partial charge in [0.2, 0.25) is 6.79 Å². The average molecular weight is 394 g/mol. The highest BCUT2D eigenvalue weighted by Crippen LogP contribution is 2.36. The molecule has 0 saturated heterocycles. The first kappa shape index (κ1) is 16.8. The summed E-state index contributed by atoms with van der Waals surface area (Å²) < 4.78 is 11.4. The zero-order valence-corrected chi connectivity index (χ0v) is 15.7. The molecule has 0 unspecified atom stereocenters. The fourth-order valence-corrected chi connectivity index (χ4v) is 3.39. The third-order valence-electron chi connectivity index (χ3n) is 4.05. The van der Waals surface area contributed by atoms with Gasteiger partial charge < -0.3 is 14.8 Å². The lowest BCUT2D eigenvalue weighted by Crippen LogP contribution is -2.41. The van der Waals surface area contributed by atoms with Crippen molar-refractivity contribution in [2.24, 2.45) is 0 Å². The number of aromatic nitrogens is 2. The van der Waals surface area contributed by atoms with E-state index in [1.54, 1.807) is 0 Å². The molecule has 7 heteroatoms. The summed E-state index contributed by atoms with van der Waals surface area (Å²) in [5.74, 6) is 1.42. The van der Waals surface area contributed by atoms with Gasteiger partial charge in [-0.05, 0) is 53.4 Å². The molecule has 1 aliphatic rings. The Bertz CT molecular complexity index is 783. The SMILES string of the molecule is CC(C)c1[nH]nc(C(=O)NC(C)(C)c2ccc3c(c2)OCO3)c1Br. The molecule has 1 amide bonds. The first-order chi connectivity index (χ1) is 11.3. The molecule has 0 atom stereocenters. The minimum absolute atomic E-state index is 0.226. The molecule has 2 aromatic rings. The molecule has 0 bridgehead atoms. The number of rotatable bonds is 4. The zero-order chi connectivity index (χ0) is 17.5. The molecule has 6 nitrogen and oxygen atoms in total. The van der Waals surface area contributed by atoms with Gasteiger partial charge in [0.1, 0.15) is 0 Å². The Morgan fingerprint density at radius 2 is 2.04 bits per heavy atom. The van der Waals surface area contributed by atoms with E-state index in [0.29, 0.717) is 15.9 Å². The predicted octanol–water partition coefficient (Wildman–Crippen LogP) is 3.69. The van der Waals surface area contributed by atoms with Gasteiger partial charge in [-0.2, -0.15) is 5.10 Å². The highest BCUT2D eigenvalue weighted by atomic mass is 79.9. The molecule has 0 spiro atoms. The summed E-state index contributed by atoms with van der Waals surface area (Å²) in [6.45, 7) is 8.18. The van der Waals surface area contributed by atoms with Gasteiger partial charge in [0.25, 0.3) is 5.91 Å². The molecular weight excluding hydrogens is 374 g/mol. The van der Waals surface area contributed by atoms with Gasteiger partial charge in [-0.15, -0.1) is 0 Å². The number of fused-ring (bicyclic) bond motifs is 1. The third kappa shape index (κ3) is 3.00. The highest BCUT2D eigenvalue weighted by molar-refractivity contribution is 9.10. The van der Waals surface area contributed by atoms with Crippen LogP contribution in [0.15, 0.2) is 22.7 Å². The summed E-state index contributed by atoms with van der Waals surface area (Å²) in [6, 6.07) is 5.67. The monoisotopic (exact) mass is 393 g/mol. The Morgan fingerprint density at radius 1 is 1.33 bits per heavy atom. The van der Waals surface area contributed by atoms with E-state index < -0.39 is 5.54 Å². The molecule has 3 rings (SSSR count). The number of hydrogen-bond acceptors (Lipinski definition) is 4. The highest BCUT2D eigenvalue weighted by Gasteiger charge is 2.28. The molecule has 0 radical (unpaired) electrons. The summed E-state index contributed by atoms with van der Waals surface area (Å²) in [5.41, 5.74) is 1.60. The van der Waals surface area contributed by atoms with Crippen molar-refractivity contribution < 1.29 is 14.3 Å². The van der Waals surface area contributed by atoms with Crippen molar-refractivity contribution >= 4 is 21.8 Å². The normalized spacial score (nSPS) is 13.4. The number of halogens is 1. The largest absolute Gasteiger partial charge is 0.454 e. The number of nitrogens with one attached hydrogen (secondary N) is 2. The molecule has 0 fully saturated rings. The van der Waals surface area contributed by atoms with Crippen molar-refractivity contribution in [3.63, 3.8) is 0 Å². The summed E-state index contributed by atoms with van der Waals surface area (Å²) >= 11 is 3.47. The first-order valence-corrected chi connectivity index (χ1v) is 8.55. The predicted molar refractivity (Wildman–Crippen MR) is 93.4 cm³/mol. The maximum Gasteiger partial charge on any atom is 0.273 e. The van der Waals surface area contributed by atoms with Gasteiger partial charge in [0, 0.05) is 0 Å². The van der Waals surface area contributed by atoms with Crippen LogP contribution in [0.25, 0.3) is 0 Å².